The molecule has 4 rings (SSSR count). The van der Waals surface area contributed by atoms with Gasteiger partial charge in [-0.1, -0.05) is 23.7 Å². The SMILES string of the molecule is COc1ccc(CN(c2nccs2)S(=O)(=O)c2c(F)cc(N3CC(CCCN(C)C)C3)c(Cl)c2F)cc1. The second-order valence-electron chi connectivity index (χ2n) is 9.23. The lowest BCUT2D eigenvalue weighted by atomic mass is 9.94. The number of thiazole rings is 1. The molecule has 12 heteroatoms. The van der Waals surface area contributed by atoms with E-state index in [1.165, 1.54) is 13.3 Å². The number of aromatic nitrogens is 1. The summed E-state index contributed by atoms with van der Waals surface area (Å²) in [6.07, 6.45) is 3.45. The molecule has 0 amide bonds. The minimum Gasteiger partial charge on any atom is -0.497 e. The summed E-state index contributed by atoms with van der Waals surface area (Å²) < 4.78 is 64.2. The third-order valence-corrected chi connectivity index (χ3v) is 9.32. The molecule has 3 aromatic rings. The number of nitrogens with zero attached hydrogens (tertiary/aromatic N) is 4. The van der Waals surface area contributed by atoms with Crippen molar-refractivity contribution in [2.24, 2.45) is 5.92 Å². The molecule has 1 fully saturated rings. The van der Waals surface area contributed by atoms with Gasteiger partial charge in [0.25, 0.3) is 10.0 Å². The highest BCUT2D eigenvalue weighted by Crippen LogP contribution is 2.40. The lowest BCUT2D eigenvalue weighted by Gasteiger charge is -2.42. The van der Waals surface area contributed by atoms with E-state index in [0.29, 0.717) is 30.3 Å². The van der Waals surface area contributed by atoms with Gasteiger partial charge in [0.1, 0.15) is 16.6 Å². The molecule has 0 unspecified atom stereocenters. The minimum atomic E-state index is -4.69. The highest BCUT2D eigenvalue weighted by atomic mass is 35.5. The maximum atomic E-state index is 15.5. The molecule has 0 aliphatic carbocycles. The topological polar surface area (TPSA) is 66.0 Å². The highest BCUT2D eigenvalue weighted by Gasteiger charge is 2.37. The van der Waals surface area contributed by atoms with Crippen LogP contribution in [0.3, 0.4) is 0 Å². The summed E-state index contributed by atoms with van der Waals surface area (Å²) >= 11 is 7.35. The molecule has 1 aliphatic heterocycles. The molecule has 0 saturated carbocycles. The number of rotatable bonds is 11. The zero-order valence-electron chi connectivity index (χ0n) is 20.8. The second kappa shape index (κ2) is 11.5. The molecule has 0 bridgehead atoms. The number of halogens is 3. The summed E-state index contributed by atoms with van der Waals surface area (Å²) in [7, 11) is 0.857. The van der Waals surface area contributed by atoms with Crippen LogP contribution in [0.1, 0.15) is 18.4 Å². The first-order chi connectivity index (χ1) is 17.6. The van der Waals surface area contributed by atoms with Gasteiger partial charge in [0, 0.05) is 30.7 Å². The van der Waals surface area contributed by atoms with Crippen molar-refractivity contribution in [3.8, 4) is 5.75 Å². The van der Waals surface area contributed by atoms with Gasteiger partial charge in [-0.05, 0) is 57.1 Å². The van der Waals surface area contributed by atoms with Gasteiger partial charge in [-0.15, -0.1) is 11.3 Å². The van der Waals surface area contributed by atoms with Gasteiger partial charge in [-0.3, -0.25) is 0 Å². The Bertz CT molecular complexity index is 1320. The van der Waals surface area contributed by atoms with Crippen LogP contribution in [0.25, 0.3) is 0 Å². The first-order valence-corrected chi connectivity index (χ1v) is 14.4. The Morgan fingerprint density at radius 2 is 1.92 bits per heavy atom. The van der Waals surface area contributed by atoms with Crippen LogP contribution in [0.15, 0.2) is 46.8 Å². The van der Waals surface area contributed by atoms with Crippen LogP contribution in [0.4, 0.5) is 19.6 Å². The first kappa shape index (κ1) is 27.6. The quantitative estimate of drug-likeness (QED) is 0.293. The maximum Gasteiger partial charge on any atom is 0.272 e. The zero-order valence-corrected chi connectivity index (χ0v) is 23.2. The van der Waals surface area contributed by atoms with E-state index in [1.807, 2.05) is 14.1 Å². The van der Waals surface area contributed by atoms with Crippen LogP contribution >= 0.6 is 22.9 Å². The van der Waals surface area contributed by atoms with E-state index in [4.69, 9.17) is 16.3 Å². The summed E-state index contributed by atoms with van der Waals surface area (Å²) in [5.41, 5.74) is 0.749. The minimum absolute atomic E-state index is 0.0816. The zero-order chi connectivity index (χ0) is 26.7. The molecule has 1 aromatic heterocycles. The van der Waals surface area contributed by atoms with Gasteiger partial charge in [0.2, 0.25) is 0 Å². The van der Waals surface area contributed by atoms with Crippen LogP contribution in [0.5, 0.6) is 5.75 Å². The fourth-order valence-corrected chi connectivity index (χ4v) is 7.00. The fourth-order valence-electron chi connectivity index (χ4n) is 4.28. The van der Waals surface area contributed by atoms with E-state index in [2.05, 4.69) is 9.88 Å². The molecular weight excluding hydrogens is 542 g/mol. The summed E-state index contributed by atoms with van der Waals surface area (Å²) in [4.78, 5) is 6.88. The number of anilines is 2. The lowest BCUT2D eigenvalue weighted by Crippen LogP contribution is -2.47. The van der Waals surface area contributed by atoms with E-state index in [1.54, 1.807) is 34.5 Å². The van der Waals surface area contributed by atoms with Gasteiger partial charge in [0.15, 0.2) is 15.8 Å². The van der Waals surface area contributed by atoms with Gasteiger partial charge in [-0.25, -0.2) is 26.5 Å². The average molecular weight is 571 g/mol. The first-order valence-electron chi connectivity index (χ1n) is 11.7. The molecule has 2 heterocycles. The molecular formula is C25H29ClF2N4O3S2. The molecule has 2 aromatic carbocycles. The molecule has 7 nitrogen and oxygen atoms in total. The third-order valence-electron chi connectivity index (χ3n) is 6.28. The number of methoxy groups -OCH3 is 1. The van der Waals surface area contributed by atoms with Crippen molar-refractivity contribution in [2.75, 3.05) is 50.0 Å². The predicted octanol–water partition coefficient (Wildman–Crippen LogP) is 5.26. The van der Waals surface area contributed by atoms with Crippen molar-refractivity contribution < 1.29 is 21.9 Å². The molecule has 1 aliphatic rings. The van der Waals surface area contributed by atoms with Crippen molar-refractivity contribution >= 4 is 43.8 Å². The van der Waals surface area contributed by atoms with Crippen LogP contribution in [0, 0.1) is 17.6 Å². The van der Waals surface area contributed by atoms with E-state index in [9.17, 15) is 8.42 Å². The predicted molar refractivity (Wildman–Crippen MR) is 143 cm³/mol. The van der Waals surface area contributed by atoms with E-state index in [-0.39, 0.29) is 17.4 Å². The van der Waals surface area contributed by atoms with E-state index in [0.717, 1.165) is 41.1 Å². The highest BCUT2D eigenvalue weighted by molar-refractivity contribution is 7.93. The van der Waals surface area contributed by atoms with Crippen molar-refractivity contribution in [3.63, 3.8) is 0 Å². The molecule has 0 atom stereocenters. The third kappa shape index (κ3) is 6.00. The number of sulfonamides is 1. The van der Waals surface area contributed by atoms with Gasteiger partial charge in [0.05, 0.1) is 19.3 Å². The van der Waals surface area contributed by atoms with Gasteiger partial charge < -0.3 is 14.5 Å². The average Bonchev–Trinajstić information content (AvgIpc) is 3.36. The summed E-state index contributed by atoms with van der Waals surface area (Å²) in [5, 5.41) is 1.27. The Balaban J connectivity index is 1.60. The van der Waals surface area contributed by atoms with Crippen molar-refractivity contribution in [1.82, 2.24) is 9.88 Å². The Hall–Kier alpha value is -2.47. The van der Waals surface area contributed by atoms with Crippen LogP contribution in [-0.2, 0) is 16.6 Å². The summed E-state index contributed by atoms with van der Waals surface area (Å²) in [6.45, 7) is 2.01. The Kier molecular flexibility index (Phi) is 8.57. The number of hydrogen-bond donors (Lipinski definition) is 0. The number of benzene rings is 2. The standard InChI is InChI=1S/C25H29ClF2N4O3S2/c1-30(2)11-4-5-18-14-31(15-18)21-13-20(27)24(23(28)22(21)26)37(33,34)32(25-29-10-12-36-25)16-17-6-8-19(35-3)9-7-17/h6-10,12-13,18H,4-5,11,14-16H2,1-3H3. The Morgan fingerprint density at radius 3 is 2.51 bits per heavy atom. The van der Waals surface area contributed by atoms with Gasteiger partial charge in [-0.2, -0.15) is 0 Å². The lowest BCUT2D eigenvalue weighted by molar-refractivity contribution is 0.331. The molecule has 0 spiro atoms. The number of ether oxygens (including phenoxy) is 1. The van der Waals surface area contributed by atoms with E-state index >= 15 is 8.78 Å². The largest absolute Gasteiger partial charge is 0.497 e. The van der Waals surface area contributed by atoms with Crippen molar-refractivity contribution in [3.05, 3.63) is 64.1 Å². The Labute approximate surface area is 225 Å². The second-order valence-corrected chi connectivity index (χ2v) is 12.3. The van der Waals surface area contributed by atoms with E-state index < -0.39 is 31.6 Å². The summed E-state index contributed by atoms with van der Waals surface area (Å²) in [5.74, 6) is -1.50. The molecule has 1 saturated heterocycles. The summed E-state index contributed by atoms with van der Waals surface area (Å²) in [6, 6.07) is 7.72. The Morgan fingerprint density at radius 1 is 1.22 bits per heavy atom. The fraction of sp³-hybridized carbons (Fsp3) is 0.400. The monoisotopic (exact) mass is 570 g/mol. The van der Waals surface area contributed by atoms with Crippen LogP contribution in [0.2, 0.25) is 5.02 Å². The van der Waals surface area contributed by atoms with Crippen LogP contribution in [-0.4, -0.2) is 59.1 Å². The van der Waals surface area contributed by atoms with Crippen LogP contribution < -0.4 is 13.9 Å². The van der Waals surface area contributed by atoms with Gasteiger partial charge >= 0.3 is 0 Å². The molecule has 0 N–H and O–H groups in total. The normalized spacial score (nSPS) is 14.2. The van der Waals surface area contributed by atoms with Crippen molar-refractivity contribution in [2.45, 2.75) is 24.3 Å². The number of hydrogen-bond acceptors (Lipinski definition) is 7. The smallest absolute Gasteiger partial charge is 0.272 e. The van der Waals surface area contributed by atoms with Crippen molar-refractivity contribution in [1.29, 1.82) is 0 Å². The molecule has 0 radical (unpaired) electrons. The molecule has 200 valence electrons. The molecule has 37 heavy (non-hydrogen) atoms. The maximum absolute atomic E-state index is 15.5.